The Balaban J connectivity index is 1.66. The fourth-order valence-electron chi connectivity index (χ4n) is 5.13. The van der Waals surface area contributed by atoms with Crippen molar-refractivity contribution in [3.8, 4) is 0 Å². The molecule has 0 atom stereocenters. The summed E-state index contributed by atoms with van der Waals surface area (Å²) in [4.78, 5) is 16.5. The van der Waals surface area contributed by atoms with E-state index in [1.54, 1.807) is 0 Å². The van der Waals surface area contributed by atoms with Crippen LogP contribution in [0.2, 0.25) is 0 Å². The summed E-state index contributed by atoms with van der Waals surface area (Å²) < 4.78 is 0. The summed E-state index contributed by atoms with van der Waals surface area (Å²) in [6, 6.07) is 50.9. The van der Waals surface area contributed by atoms with Crippen molar-refractivity contribution in [2.24, 2.45) is 0 Å². The second-order valence-corrected chi connectivity index (χ2v) is 16.0. The summed E-state index contributed by atoms with van der Waals surface area (Å²) in [5.74, 6) is -3.70. The van der Waals surface area contributed by atoms with Crippen LogP contribution in [-0.4, -0.2) is 17.0 Å². The first-order valence-electron chi connectivity index (χ1n) is 12.8. The van der Waals surface area contributed by atoms with Gasteiger partial charge in [-0.25, -0.2) is 0 Å². The van der Waals surface area contributed by atoms with E-state index in [2.05, 4.69) is 60.7 Å². The Morgan fingerprint density at radius 1 is 0.500 bits per heavy atom. The molecule has 1 amide bonds. The molecule has 4 heteroatoms. The first kappa shape index (κ1) is 25.9. The van der Waals surface area contributed by atoms with Crippen LogP contribution in [-0.2, 0) is 17.9 Å². The van der Waals surface area contributed by atoms with E-state index in [-0.39, 0.29) is 12.1 Å². The molecular formula is C34H31ClNOP. The Kier molecular flexibility index (Phi) is 7.74. The van der Waals surface area contributed by atoms with E-state index in [1.165, 1.54) is 0 Å². The molecule has 5 aromatic rings. The van der Waals surface area contributed by atoms with Crippen molar-refractivity contribution in [1.29, 1.82) is 0 Å². The van der Waals surface area contributed by atoms with Gasteiger partial charge in [-0.15, -0.1) is 0 Å². The summed E-state index contributed by atoms with van der Waals surface area (Å²) in [7, 11) is 0. The van der Waals surface area contributed by atoms with Gasteiger partial charge >= 0.3 is 231 Å². The van der Waals surface area contributed by atoms with Crippen LogP contribution in [0.3, 0.4) is 0 Å². The van der Waals surface area contributed by atoms with E-state index in [1.807, 2.05) is 95.9 Å². The van der Waals surface area contributed by atoms with Gasteiger partial charge < -0.3 is 0 Å². The molecule has 0 heterocycles. The van der Waals surface area contributed by atoms with Gasteiger partial charge in [-0.3, -0.25) is 0 Å². The third-order valence-corrected chi connectivity index (χ3v) is 14.2. The van der Waals surface area contributed by atoms with Crippen LogP contribution < -0.4 is 15.9 Å². The predicted octanol–water partition coefficient (Wildman–Crippen LogP) is 6.90. The molecular weight excluding hydrogens is 505 g/mol. The zero-order chi connectivity index (χ0) is 26.3. The predicted molar refractivity (Wildman–Crippen MR) is 163 cm³/mol. The van der Waals surface area contributed by atoms with E-state index in [9.17, 15) is 4.79 Å². The van der Waals surface area contributed by atoms with Gasteiger partial charge in [0.05, 0.1) is 0 Å². The van der Waals surface area contributed by atoms with Crippen molar-refractivity contribution in [1.82, 2.24) is 4.90 Å². The molecule has 0 radical (unpaired) electrons. The number of benzene rings is 5. The van der Waals surface area contributed by atoms with Gasteiger partial charge in [-0.1, -0.05) is 0 Å². The average molecular weight is 536 g/mol. The van der Waals surface area contributed by atoms with Gasteiger partial charge in [0.2, 0.25) is 0 Å². The first-order chi connectivity index (χ1) is 18.6. The molecule has 0 aromatic heterocycles. The van der Waals surface area contributed by atoms with Crippen LogP contribution in [0.25, 0.3) is 0 Å². The number of hydrogen-bond donors (Lipinski definition) is 0. The van der Waals surface area contributed by atoms with Crippen molar-refractivity contribution < 1.29 is 4.79 Å². The van der Waals surface area contributed by atoms with E-state index in [4.69, 9.17) is 11.2 Å². The summed E-state index contributed by atoms with van der Waals surface area (Å²) in [6.07, 6.45) is 0.185. The third kappa shape index (κ3) is 5.16. The van der Waals surface area contributed by atoms with Crippen molar-refractivity contribution in [3.05, 3.63) is 163 Å². The molecule has 5 rings (SSSR count). The third-order valence-electron chi connectivity index (χ3n) is 7.10. The fraction of sp³-hybridized carbons (Fsp3) is 0.0882. The minimum absolute atomic E-state index is 0.0296. The molecule has 0 saturated carbocycles. The van der Waals surface area contributed by atoms with E-state index < -0.39 is 5.96 Å². The summed E-state index contributed by atoms with van der Waals surface area (Å²) in [5.41, 5.74) is 2.18. The number of amides is 1. The summed E-state index contributed by atoms with van der Waals surface area (Å²) >= 11 is 8.20. The van der Waals surface area contributed by atoms with Crippen LogP contribution >= 0.6 is 17.2 Å². The van der Waals surface area contributed by atoms with E-state index >= 15 is 0 Å². The standard InChI is InChI=1S/C34H31ClNOP/c35-38(31-20-10-3-11-21-31,32-22-12-4-13-23-32,33-24-14-5-15-25-33)28-34(37)36(26-29-16-6-1-7-17-29)27-30-18-8-2-9-19-30/h1-25H,26-28H2. The van der Waals surface area contributed by atoms with E-state index in [0.717, 1.165) is 27.0 Å². The van der Waals surface area contributed by atoms with Crippen LogP contribution in [0.4, 0.5) is 0 Å². The SMILES string of the molecule is O=C(CP(Cl)(c1ccccc1)(c1ccccc1)c1ccccc1)N(Cc1ccccc1)Cc1ccccc1. The maximum atomic E-state index is 14.6. The normalized spacial score (nSPS) is 12.3. The molecule has 0 spiro atoms. The van der Waals surface area contributed by atoms with Gasteiger partial charge in [0.25, 0.3) is 0 Å². The van der Waals surface area contributed by atoms with Crippen molar-refractivity contribution in [3.63, 3.8) is 0 Å². The van der Waals surface area contributed by atoms with Crippen LogP contribution in [0.15, 0.2) is 152 Å². The molecule has 0 saturated heterocycles. The zero-order valence-corrected chi connectivity index (χ0v) is 22.9. The second-order valence-electron chi connectivity index (χ2n) is 9.57. The Morgan fingerprint density at radius 3 is 1.11 bits per heavy atom. The van der Waals surface area contributed by atoms with Gasteiger partial charge in [0.1, 0.15) is 0 Å². The molecule has 0 fully saturated rings. The van der Waals surface area contributed by atoms with Crippen LogP contribution in [0.5, 0.6) is 0 Å². The van der Waals surface area contributed by atoms with Crippen molar-refractivity contribution >= 4 is 39.0 Å². The summed E-state index contributed by atoms with van der Waals surface area (Å²) in [5, 5.41) is 2.97. The summed E-state index contributed by atoms with van der Waals surface area (Å²) in [6.45, 7) is 1.02. The molecule has 0 unspecified atom stereocenters. The van der Waals surface area contributed by atoms with Crippen molar-refractivity contribution in [2.45, 2.75) is 13.1 Å². The van der Waals surface area contributed by atoms with Gasteiger partial charge in [-0.05, 0) is 0 Å². The molecule has 0 bridgehead atoms. The maximum absolute atomic E-state index is 14.6. The quantitative estimate of drug-likeness (QED) is 0.188. The van der Waals surface area contributed by atoms with Gasteiger partial charge in [0, 0.05) is 0 Å². The van der Waals surface area contributed by atoms with Gasteiger partial charge in [0.15, 0.2) is 0 Å². The molecule has 0 aliphatic carbocycles. The molecule has 190 valence electrons. The Bertz CT molecular complexity index is 1320. The van der Waals surface area contributed by atoms with Crippen molar-refractivity contribution in [2.75, 3.05) is 6.16 Å². The topological polar surface area (TPSA) is 20.3 Å². The Labute approximate surface area is 230 Å². The zero-order valence-electron chi connectivity index (χ0n) is 21.2. The molecule has 5 aromatic carbocycles. The molecule has 0 N–H and O–H groups in total. The molecule has 0 aliphatic heterocycles. The number of carbonyl (C=O) groups excluding carboxylic acids is 1. The minimum atomic E-state index is -3.73. The number of halogens is 1. The fourth-order valence-corrected chi connectivity index (χ4v) is 11.0. The number of rotatable bonds is 9. The monoisotopic (exact) mass is 535 g/mol. The van der Waals surface area contributed by atoms with Gasteiger partial charge in [-0.2, -0.15) is 0 Å². The number of nitrogens with zero attached hydrogens (tertiary/aromatic N) is 1. The van der Waals surface area contributed by atoms with Crippen LogP contribution in [0, 0.1) is 0 Å². The molecule has 38 heavy (non-hydrogen) atoms. The number of hydrogen-bond acceptors (Lipinski definition) is 1. The molecule has 2 nitrogen and oxygen atoms in total. The van der Waals surface area contributed by atoms with E-state index in [0.29, 0.717) is 13.1 Å². The Morgan fingerprint density at radius 2 is 0.789 bits per heavy atom. The second kappa shape index (κ2) is 11.4. The first-order valence-corrected chi connectivity index (χ1v) is 16.2. The molecule has 0 aliphatic rings. The Hall–Kier alpha value is -3.71. The van der Waals surface area contributed by atoms with Crippen LogP contribution in [0.1, 0.15) is 11.1 Å². The number of carbonyl (C=O) groups is 1. The average Bonchev–Trinajstić information content (AvgIpc) is 2.99.